The molecular weight excluding hydrogens is 438 g/mol. The quantitative estimate of drug-likeness (QED) is 0.455. The molecule has 7 nitrogen and oxygen atoms in total. The third-order valence-corrected chi connectivity index (χ3v) is 7.45. The van der Waals surface area contributed by atoms with Crippen LogP contribution in [0, 0.1) is 0 Å². The molecule has 0 spiro atoms. The SMILES string of the molecule is O=C(c1cnc2ccc(-c3cccc(CS(=O)(=O)c4ccccc4)c3)cn12)N1CCOCC1. The number of ether oxygens (including phenoxy) is 1. The zero-order valence-corrected chi connectivity index (χ0v) is 18.7. The van der Waals surface area contributed by atoms with E-state index in [1.165, 1.54) is 0 Å². The number of fused-ring (bicyclic) bond motifs is 1. The van der Waals surface area contributed by atoms with E-state index in [0.717, 1.165) is 11.1 Å². The lowest BCUT2D eigenvalue weighted by Crippen LogP contribution is -2.41. The first-order chi connectivity index (χ1) is 16.0. The van der Waals surface area contributed by atoms with Crippen molar-refractivity contribution in [3.05, 3.63) is 90.4 Å². The number of aromatic nitrogens is 2. The molecule has 8 heteroatoms. The van der Waals surface area contributed by atoms with Crippen LogP contribution in [0.15, 0.2) is 84.0 Å². The number of carbonyl (C=O) groups is 1. The lowest BCUT2D eigenvalue weighted by molar-refractivity contribution is 0.0298. The highest BCUT2D eigenvalue weighted by Crippen LogP contribution is 2.24. The zero-order valence-electron chi connectivity index (χ0n) is 17.9. The van der Waals surface area contributed by atoms with E-state index in [9.17, 15) is 13.2 Å². The van der Waals surface area contributed by atoms with E-state index in [1.54, 1.807) is 45.8 Å². The molecule has 4 aromatic rings. The Bertz CT molecular complexity index is 1410. The number of pyridine rings is 1. The molecule has 2 aromatic heterocycles. The van der Waals surface area contributed by atoms with Gasteiger partial charge >= 0.3 is 0 Å². The van der Waals surface area contributed by atoms with Crippen LogP contribution in [-0.4, -0.2) is 54.9 Å². The number of rotatable bonds is 5. The van der Waals surface area contributed by atoms with Crippen LogP contribution in [0.2, 0.25) is 0 Å². The molecule has 0 N–H and O–H groups in total. The van der Waals surface area contributed by atoms with Crippen LogP contribution in [0.4, 0.5) is 0 Å². The van der Waals surface area contributed by atoms with Crippen molar-refractivity contribution in [2.75, 3.05) is 26.3 Å². The van der Waals surface area contributed by atoms with Gasteiger partial charge in [-0.3, -0.25) is 9.20 Å². The fourth-order valence-electron chi connectivity index (χ4n) is 4.01. The molecule has 0 bridgehead atoms. The highest BCUT2D eigenvalue weighted by atomic mass is 32.2. The fraction of sp³-hybridized carbons (Fsp3) is 0.200. The Morgan fingerprint density at radius 2 is 1.73 bits per heavy atom. The number of carbonyl (C=O) groups excluding carboxylic acids is 1. The van der Waals surface area contributed by atoms with Crippen LogP contribution in [0.3, 0.4) is 0 Å². The second-order valence-corrected chi connectivity index (χ2v) is 9.96. The summed E-state index contributed by atoms with van der Waals surface area (Å²) in [5.74, 6) is -0.162. The molecule has 0 aliphatic carbocycles. The largest absolute Gasteiger partial charge is 0.378 e. The summed E-state index contributed by atoms with van der Waals surface area (Å²) in [6.45, 7) is 2.19. The van der Waals surface area contributed by atoms with Crippen LogP contribution < -0.4 is 0 Å². The molecule has 0 unspecified atom stereocenters. The number of nitrogens with zero attached hydrogens (tertiary/aromatic N) is 3. The molecule has 1 amide bonds. The predicted molar refractivity (Wildman–Crippen MR) is 125 cm³/mol. The number of amides is 1. The van der Waals surface area contributed by atoms with Crippen LogP contribution in [0.25, 0.3) is 16.8 Å². The first-order valence-electron chi connectivity index (χ1n) is 10.7. The standard InChI is InChI=1S/C25H23N3O4S/c29-25(27-11-13-32-14-12-27)23-16-26-24-10-9-21(17-28(23)24)20-6-4-5-19(15-20)18-33(30,31)22-7-2-1-3-8-22/h1-10,15-17H,11-14,18H2. The van der Waals surface area contributed by atoms with Gasteiger partial charge in [0.2, 0.25) is 0 Å². The maximum atomic E-state index is 13.0. The summed E-state index contributed by atoms with van der Waals surface area (Å²) in [5.41, 5.74) is 3.62. The van der Waals surface area contributed by atoms with Crippen LogP contribution >= 0.6 is 0 Å². The Hall–Kier alpha value is -3.49. The molecule has 1 saturated heterocycles. The second kappa shape index (κ2) is 8.80. The van der Waals surface area contributed by atoms with Gasteiger partial charge < -0.3 is 9.64 Å². The molecule has 0 atom stereocenters. The Labute approximate surface area is 192 Å². The molecule has 2 aromatic carbocycles. The van der Waals surface area contributed by atoms with E-state index in [2.05, 4.69) is 4.98 Å². The average Bonchev–Trinajstić information content (AvgIpc) is 3.28. The summed E-state index contributed by atoms with van der Waals surface area (Å²) in [6, 6.07) is 19.7. The molecule has 1 fully saturated rings. The van der Waals surface area contributed by atoms with Crippen molar-refractivity contribution in [2.45, 2.75) is 10.6 Å². The smallest absolute Gasteiger partial charge is 0.272 e. The van der Waals surface area contributed by atoms with Gasteiger partial charge in [0.25, 0.3) is 5.91 Å². The lowest BCUT2D eigenvalue weighted by Gasteiger charge is -2.26. The van der Waals surface area contributed by atoms with Gasteiger partial charge in [-0.2, -0.15) is 0 Å². The van der Waals surface area contributed by atoms with Gasteiger partial charge in [0, 0.05) is 19.3 Å². The van der Waals surface area contributed by atoms with E-state index in [4.69, 9.17) is 4.74 Å². The molecule has 1 aliphatic heterocycles. The van der Waals surface area contributed by atoms with Gasteiger partial charge in [-0.1, -0.05) is 42.5 Å². The van der Waals surface area contributed by atoms with Gasteiger partial charge in [-0.25, -0.2) is 13.4 Å². The van der Waals surface area contributed by atoms with Gasteiger partial charge in [-0.15, -0.1) is 0 Å². The van der Waals surface area contributed by atoms with Crippen LogP contribution in [0.1, 0.15) is 16.1 Å². The Morgan fingerprint density at radius 1 is 0.939 bits per heavy atom. The van der Waals surface area contributed by atoms with E-state index >= 15 is 0 Å². The molecule has 5 rings (SSSR count). The van der Waals surface area contributed by atoms with E-state index in [1.807, 2.05) is 42.6 Å². The van der Waals surface area contributed by atoms with E-state index < -0.39 is 9.84 Å². The molecule has 0 saturated carbocycles. The van der Waals surface area contributed by atoms with Crippen molar-refractivity contribution < 1.29 is 17.9 Å². The topological polar surface area (TPSA) is 81.0 Å². The highest BCUT2D eigenvalue weighted by Gasteiger charge is 2.22. The Kier molecular flexibility index (Phi) is 5.70. The monoisotopic (exact) mass is 461 g/mol. The first kappa shape index (κ1) is 21.4. The van der Waals surface area contributed by atoms with Gasteiger partial charge in [0.05, 0.1) is 30.1 Å². The van der Waals surface area contributed by atoms with Crippen molar-refractivity contribution in [1.82, 2.24) is 14.3 Å². The summed E-state index contributed by atoms with van der Waals surface area (Å²) >= 11 is 0. The van der Waals surface area contributed by atoms with Crippen molar-refractivity contribution >= 4 is 21.4 Å². The van der Waals surface area contributed by atoms with Gasteiger partial charge in [-0.05, 0) is 41.0 Å². The Morgan fingerprint density at radius 3 is 2.52 bits per heavy atom. The molecule has 1 aliphatic rings. The minimum atomic E-state index is -3.44. The normalized spacial score (nSPS) is 14.5. The number of sulfone groups is 1. The fourth-order valence-corrected chi connectivity index (χ4v) is 5.37. The summed E-state index contributed by atoms with van der Waals surface area (Å²) in [6.07, 6.45) is 3.47. The summed E-state index contributed by atoms with van der Waals surface area (Å²) in [5, 5.41) is 0. The molecule has 33 heavy (non-hydrogen) atoms. The average molecular weight is 462 g/mol. The summed E-state index contributed by atoms with van der Waals surface area (Å²) in [7, 11) is -3.44. The van der Waals surface area contributed by atoms with Crippen molar-refractivity contribution in [3.63, 3.8) is 0 Å². The van der Waals surface area contributed by atoms with Gasteiger partial charge in [0.1, 0.15) is 11.3 Å². The third-order valence-electron chi connectivity index (χ3n) is 5.74. The second-order valence-electron chi connectivity index (χ2n) is 7.97. The number of hydrogen-bond acceptors (Lipinski definition) is 5. The lowest BCUT2D eigenvalue weighted by atomic mass is 10.1. The van der Waals surface area contributed by atoms with Crippen LogP contribution in [0.5, 0.6) is 0 Å². The van der Waals surface area contributed by atoms with E-state index in [-0.39, 0.29) is 11.7 Å². The number of hydrogen-bond donors (Lipinski definition) is 0. The zero-order chi connectivity index (χ0) is 22.8. The first-order valence-corrected chi connectivity index (χ1v) is 12.4. The molecule has 3 heterocycles. The number of benzene rings is 2. The number of imidazole rings is 1. The Balaban J connectivity index is 1.45. The maximum absolute atomic E-state index is 13.0. The maximum Gasteiger partial charge on any atom is 0.272 e. The van der Waals surface area contributed by atoms with Crippen molar-refractivity contribution in [2.24, 2.45) is 0 Å². The van der Waals surface area contributed by atoms with Crippen LogP contribution in [-0.2, 0) is 20.3 Å². The minimum Gasteiger partial charge on any atom is -0.378 e. The van der Waals surface area contributed by atoms with Crippen molar-refractivity contribution in [1.29, 1.82) is 0 Å². The predicted octanol–water partition coefficient (Wildman–Crippen LogP) is 3.45. The highest BCUT2D eigenvalue weighted by molar-refractivity contribution is 7.90. The minimum absolute atomic E-state index is 0.0781. The summed E-state index contributed by atoms with van der Waals surface area (Å²) < 4.78 is 32.7. The number of morpholine rings is 1. The molecular formula is C25H23N3O4S. The molecule has 168 valence electrons. The van der Waals surface area contributed by atoms with Gasteiger partial charge in [0.15, 0.2) is 9.84 Å². The summed E-state index contributed by atoms with van der Waals surface area (Å²) in [4.78, 5) is 19.5. The third kappa shape index (κ3) is 4.40. The van der Waals surface area contributed by atoms with E-state index in [0.29, 0.717) is 48.1 Å². The van der Waals surface area contributed by atoms with Crippen molar-refractivity contribution in [3.8, 4) is 11.1 Å². The molecule has 0 radical (unpaired) electrons.